The maximum Gasteiger partial charge on any atom is 0.258 e. The molecule has 1 aliphatic rings. The summed E-state index contributed by atoms with van der Waals surface area (Å²) in [6.45, 7) is 0.701. The first kappa shape index (κ1) is 16.0. The maximum atomic E-state index is 11.9. The predicted molar refractivity (Wildman–Crippen MR) is 87.9 cm³/mol. The molecule has 0 spiro atoms. The number of fused-ring (bicyclic) bond motifs is 1. The first-order valence-electron chi connectivity index (χ1n) is 7.66. The second kappa shape index (κ2) is 7.59. The average molecular weight is 329 g/mol. The summed E-state index contributed by atoms with van der Waals surface area (Å²) in [6, 6.07) is 14.5. The van der Waals surface area contributed by atoms with E-state index in [0.717, 1.165) is 11.5 Å². The summed E-state index contributed by atoms with van der Waals surface area (Å²) in [5.41, 5.74) is 0. The van der Waals surface area contributed by atoms with Gasteiger partial charge in [0.1, 0.15) is 24.2 Å². The Kier molecular flexibility index (Phi) is 5.05. The number of amides is 1. The molecular weight excluding hydrogens is 310 g/mol. The van der Waals surface area contributed by atoms with Crippen molar-refractivity contribution in [3.8, 4) is 23.0 Å². The van der Waals surface area contributed by atoms with Gasteiger partial charge in [-0.1, -0.05) is 12.1 Å². The maximum absolute atomic E-state index is 11.9. The number of carbonyl (C=O) groups is 1. The van der Waals surface area contributed by atoms with Crippen LogP contribution >= 0.6 is 0 Å². The minimum absolute atomic E-state index is 0.0590. The van der Waals surface area contributed by atoms with Gasteiger partial charge in [0.05, 0.1) is 13.7 Å². The van der Waals surface area contributed by atoms with E-state index in [1.807, 2.05) is 24.3 Å². The standard InChI is InChI=1S/C18H19NO5/c1-21-13-6-8-14(9-7-13)22-12-18(20)19-10-15-11-23-16-4-2-3-5-17(16)24-15/h2-9,15H,10-12H2,1H3,(H,19,20)/t15-/m0/s1. The largest absolute Gasteiger partial charge is 0.497 e. The number of ether oxygens (including phenoxy) is 4. The highest BCUT2D eigenvalue weighted by Crippen LogP contribution is 2.30. The van der Waals surface area contributed by atoms with Gasteiger partial charge in [-0.25, -0.2) is 0 Å². The van der Waals surface area contributed by atoms with Crippen molar-refractivity contribution >= 4 is 5.91 Å². The number of para-hydroxylation sites is 2. The monoisotopic (exact) mass is 329 g/mol. The molecule has 0 saturated carbocycles. The molecule has 6 nitrogen and oxygen atoms in total. The van der Waals surface area contributed by atoms with Gasteiger partial charge in [-0.05, 0) is 36.4 Å². The third-order valence-electron chi connectivity index (χ3n) is 3.52. The van der Waals surface area contributed by atoms with Gasteiger partial charge in [0.25, 0.3) is 5.91 Å². The zero-order chi connectivity index (χ0) is 16.8. The zero-order valence-electron chi connectivity index (χ0n) is 13.4. The summed E-state index contributed by atoms with van der Waals surface area (Å²) in [6.07, 6.45) is -0.218. The summed E-state index contributed by atoms with van der Waals surface area (Å²) in [7, 11) is 1.60. The van der Waals surface area contributed by atoms with Crippen LogP contribution in [0.5, 0.6) is 23.0 Å². The van der Waals surface area contributed by atoms with Crippen LogP contribution in [0.3, 0.4) is 0 Å². The zero-order valence-corrected chi connectivity index (χ0v) is 13.4. The Morgan fingerprint density at radius 3 is 2.58 bits per heavy atom. The number of hydrogen-bond acceptors (Lipinski definition) is 5. The lowest BCUT2D eigenvalue weighted by Crippen LogP contribution is -2.42. The minimum atomic E-state index is -0.218. The van der Waals surface area contributed by atoms with Gasteiger partial charge in [-0.3, -0.25) is 4.79 Å². The molecule has 2 aromatic rings. The van der Waals surface area contributed by atoms with Gasteiger partial charge in [0.15, 0.2) is 18.1 Å². The van der Waals surface area contributed by atoms with Crippen LogP contribution in [-0.4, -0.2) is 38.9 Å². The molecule has 126 valence electrons. The van der Waals surface area contributed by atoms with E-state index in [9.17, 15) is 4.79 Å². The molecule has 24 heavy (non-hydrogen) atoms. The molecule has 1 N–H and O–H groups in total. The van der Waals surface area contributed by atoms with Crippen molar-refractivity contribution in [3.05, 3.63) is 48.5 Å². The first-order valence-corrected chi connectivity index (χ1v) is 7.66. The Labute approximate surface area is 140 Å². The molecule has 0 unspecified atom stereocenters. The SMILES string of the molecule is COc1ccc(OCC(=O)NC[C@H]2COc3ccccc3O2)cc1. The number of methoxy groups -OCH3 is 1. The Hall–Kier alpha value is -2.89. The van der Waals surface area contributed by atoms with E-state index in [1.165, 1.54) is 0 Å². The van der Waals surface area contributed by atoms with E-state index in [2.05, 4.69) is 5.32 Å². The van der Waals surface area contributed by atoms with Crippen LogP contribution < -0.4 is 24.3 Å². The fourth-order valence-electron chi connectivity index (χ4n) is 2.26. The Morgan fingerprint density at radius 1 is 1.12 bits per heavy atom. The smallest absolute Gasteiger partial charge is 0.258 e. The van der Waals surface area contributed by atoms with Crippen molar-refractivity contribution in [2.24, 2.45) is 0 Å². The highest BCUT2D eigenvalue weighted by atomic mass is 16.6. The normalized spacial score (nSPS) is 15.5. The summed E-state index contributed by atoms with van der Waals surface area (Å²) < 4.78 is 21.9. The van der Waals surface area contributed by atoms with E-state index >= 15 is 0 Å². The number of nitrogens with one attached hydrogen (secondary N) is 1. The number of rotatable bonds is 6. The lowest BCUT2D eigenvalue weighted by Gasteiger charge is -2.26. The van der Waals surface area contributed by atoms with Crippen LogP contribution in [0.2, 0.25) is 0 Å². The Bertz CT molecular complexity index is 686. The van der Waals surface area contributed by atoms with E-state index in [-0.39, 0.29) is 18.6 Å². The number of benzene rings is 2. The van der Waals surface area contributed by atoms with Gasteiger partial charge in [-0.2, -0.15) is 0 Å². The van der Waals surface area contributed by atoms with Crippen molar-refractivity contribution in [1.82, 2.24) is 5.32 Å². The third kappa shape index (κ3) is 4.10. The molecule has 0 fully saturated rings. The van der Waals surface area contributed by atoms with Crippen LogP contribution in [-0.2, 0) is 4.79 Å². The quantitative estimate of drug-likeness (QED) is 0.878. The Morgan fingerprint density at radius 2 is 1.83 bits per heavy atom. The van der Waals surface area contributed by atoms with Crippen LogP contribution in [0, 0.1) is 0 Å². The van der Waals surface area contributed by atoms with Crippen LogP contribution in [0.15, 0.2) is 48.5 Å². The molecule has 0 aliphatic carbocycles. The molecule has 1 atom stereocenters. The molecule has 0 bridgehead atoms. The van der Waals surface area contributed by atoms with E-state index in [1.54, 1.807) is 31.4 Å². The van der Waals surface area contributed by atoms with Gasteiger partial charge in [0, 0.05) is 0 Å². The summed E-state index contributed by atoms with van der Waals surface area (Å²) in [5.74, 6) is 2.55. The summed E-state index contributed by atoms with van der Waals surface area (Å²) in [5, 5.41) is 2.78. The molecule has 1 aliphatic heterocycles. The lowest BCUT2D eigenvalue weighted by molar-refractivity contribution is -0.123. The molecule has 6 heteroatoms. The van der Waals surface area contributed by atoms with Gasteiger partial charge < -0.3 is 24.3 Å². The van der Waals surface area contributed by atoms with E-state index in [0.29, 0.717) is 24.7 Å². The molecule has 0 saturated heterocycles. The molecule has 0 radical (unpaired) electrons. The van der Waals surface area contributed by atoms with E-state index < -0.39 is 0 Å². The van der Waals surface area contributed by atoms with Gasteiger partial charge in [0.2, 0.25) is 0 Å². The van der Waals surface area contributed by atoms with Gasteiger partial charge in [-0.15, -0.1) is 0 Å². The molecule has 0 aromatic heterocycles. The molecule has 3 rings (SSSR count). The number of carbonyl (C=O) groups excluding carboxylic acids is 1. The highest BCUT2D eigenvalue weighted by molar-refractivity contribution is 5.77. The minimum Gasteiger partial charge on any atom is -0.497 e. The average Bonchev–Trinajstić information content (AvgIpc) is 2.65. The van der Waals surface area contributed by atoms with Crippen molar-refractivity contribution in [2.75, 3.05) is 26.9 Å². The first-order chi connectivity index (χ1) is 11.7. The fourth-order valence-corrected chi connectivity index (χ4v) is 2.26. The highest BCUT2D eigenvalue weighted by Gasteiger charge is 2.21. The Balaban J connectivity index is 1.41. The molecule has 2 aromatic carbocycles. The fraction of sp³-hybridized carbons (Fsp3) is 0.278. The van der Waals surface area contributed by atoms with Gasteiger partial charge >= 0.3 is 0 Å². The van der Waals surface area contributed by atoms with Crippen LogP contribution in [0.25, 0.3) is 0 Å². The van der Waals surface area contributed by atoms with Crippen molar-refractivity contribution < 1.29 is 23.7 Å². The molecular formula is C18H19NO5. The summed E-state index contributed by atoms with van der Waals surface area (Å²) in [4.78, 5) is 11.9. The topological polar surface area (TPSA) is 66.0 Å². The molecule has 1 heterocycles. The van der Waals surface area contributed by atoms with E-state index in [4.69, 9.17) is 18.9 Å². The second-order valence-electron chi connectivity index (χ2n) is 5.27. The van der Waals surface area contributed by atoms with Crippen LogP contribution in [0.4, 0.5) is 0 Å². The van der Waals surface area contributed by atoms with Crippen molar-refractivity contribution in [2.45, 2.75) is 6.10 Å². The third-order valence-corrected chi connectivity index (χ3v) is 3.52. The lowest BCUT2D eigenvalue weighted by atomic mass is 10.2. The van der Waals surface area contributed by atoms with Crippen LogP contribution in [0.1, 0.15) is 0 Å². The second-order valence-corrected chi connectivity index (χ2v) is 5.27. The number of hydrogen-bond donors (Lipinski definition) is 1. The summed E-state index contributed by atoms with van der Waals surface area (Å²) >= 11 is 0. The van der Waals surface area contributed by atoms with Crippen molar-refractivity contribution in [1.29, 1.82) is 0 Å². The van der Waals surface area contributed by atoms with Crippen molar-refractivity contribution in [3.63, 3.8) is 0 Å². The molecule has 1 amide bonds. The predicted octanol–water partition coefficient (Wildman–Crippen LogP) is 2.03.